The van der Waals surface area contributed by atoms with Crippen molar-refractivity contribution in [3.63, 3.8) is 0 Å². The Bertz CT molecular complexity index is 597. The summed E-state index contributed by atoms with van der Waals surface area (Å²) < 4.78 is 12.0. The number of fused-ring (bicyclic) bond motifs is 4. The van der Waals surface area contributed by atoms with Crippen LogP contribution in [0.2, 0.25) is 0 Å². The van der Waals surface area contributed by atoms with Crippen LogP contribution in [-0.2, 0) is 4.79 Å². The van der Waals surface area contributed by atoms with E-state index in [1.165, 1.54) is 0 Å². The second-order valence-electron chi connectivity index (χ2n) is 6.75. The van der Waals surface area contributed by atoms with E-state index < -0.39 is 0 Å². The molecule has 6 nitrogen and oxygen atoms in total. The molecule has 5 rings (SSSR count). The highest BCUT2D eigenvalue weighted by molar-refractivity contribution is 5.94. The lowest BCUT2D eigenvalue weighted by molar-refractivity contribution is -0.953. The van der Waals surface area contributed by atoms with Gasteiger partial charge in [0.25, 0.3) is 5.91 Å². The average Bonchev–Trinajstić information content (AvgIpc) is 2.62. The van der Waals surface area contributed by atoms with Gasteiger partial charge in [-0.3, -0.25) is 9.69 Å². The molecule has 124 valence electrons. The third-order valence-electron chi connectivity index (χ3n) is 5.60. The second-order valence-corrected chi connectivity index (χ2v) is 6.75. The van der Waals surface area contributed by atoms with E-state index in [-0.39, 0.29) is 11.9 Å². The van der Waals surface area contributed by atoms with E-state index in [1.54, 1.807) is 0 Å². The molecule has 3 fully saturated rings. The maximum absolute atomic E-state index is 12.7. The summed E-state index contributed by atoms with van der Waals surface area (Å²) in [5.74, 6) is 1.55. The number of benzene rings is 1. The SMILES string of the molecule is C[C@@H](C(=O)Nc1ccc2c(c1)OCCO2)[N+]12CCN(CC1)CC2. The van der Waals surface area contributed by atoms with Crippen LogP contribution in [0.15, 0.2) is 18.2 Å². The van der Waals surface area contributed by atoms with Crippen molar-refractivity contribution in [2.24, 2.45) is 0 Å². The van der Waals surface area contributed by atoms with Gasteiger partial charge in [0, 0.05) is 31.4 Å². The molecule has 1 N–H and O–H groups in total. The minimum atomic E-state index is -0.0225. The number of anilines is 1. The van der Waals surface area contributed by atoms with Crippen molar-refractivity contribution >= 4 is 11.6 Å². The predicted molar refractivity (Wildman–Crippen MR) is 86.8 cm³/mol. The van der Waals surface area contributed by atoms with Crippen LogP contribution < -0.4 is 14.8 Å². The number of piperazine rings is 3. The topological polar surface area (TPSA) is 50.8 Å². The number of carbonyl (C=O) groups excluding carboxylic acids is 1. The van der Waals surface area contributed by atoms with Gasteiger partial charge in [-0.05, 0) is 19.1 Å². The Hall–Kier alpha value is -1.79. The van der Waals surface area contributed by atoms with Gasteiger partial charge in [-0.1, -0.05) is 0 Å². The number of nitrogens with one attached hydrogen (secondary N) is 1. The third-order valence-corrected chi connectivity index (χ3v) is 5.60. The Morgan fingerprint density at radius 3 is 2.48 bits per heavy atom. The Kier molecular flexibility index (Phi) is 3.66. The third kappa shape index (κ3) is 2.66. The van der Waals surface area contributed by atoms with E-state index in [9.17, 15) is 4.79 Å². The van der Waals surface area contributed by atoms with E-state index in [2.05, 4.69) is 17.1 Å². The Morgan fingerprint density at radius 2 is 1.78 bits per heavy atom. The van der Waals surface area contributed by atoms with E-state index in [1.807, 2.05) is 18.2 Å². The minimum Gasteiger partial charge on any atom is -0.486 e. The van der Waals surface area contributed by atoms with Gasteiger partial charge < -0.3 is 19.3 Å². The highest BCUT2D eigenvalue weighted by Crippen LogP contribution is 2.33. The lowest BCUT2D eigenvalue weighted by Crippen LogP contribution is -2.72. The van der Waals surface area contributed by atoms with Crippen molar-refractivity contribution in [1.82, 2.24) is 4.90 Å². The summed E-state index contributed by atoms with van der Waals surface area (Å²) in [6.07, 6.45) is 0. The second kappa shape index (κ2) is 5.69. The number of carbonyl (C=O) groups is 1. The van der Waals surface area contributed by atoms with Gasteiger partial charge in [0.2, 0.25) is 0 Å². The zero-order valence-electron chi connectivity index (χ0n) is 13.6. The maximum Gasteiger partial charge on any atom is 0.282 e. The summed E-state index contributed by atoms with van der Waals surface area (Å²) in [5, 5.41) is 3.06. The number of ether oxygens (including phenoxy) is 2. The molecular weight excluding hydrogens is 294 g/mol. The number of nitrogens with zero attached hydrogens (tertiary/aromatic N) is 2. The van der Waals surface area contributed by atoms with Gasteiger partial charge in [-0.15, -0.1) is 0 Å². The highest BCUT2D eigenvalue weighted by atomic mass is 16.6. The van der Waals surface area contributed by atoms with Crippen molar-refractivity contribution in [1.29, 1.82) is 0 Å². The molecule has 4 heterocycles. The van der Waals surface area contributed by atoms with Crippen molar-refractivity contribution < 1.29 is 18.8 Å². The van der Waals surface area contributed by atoms with Crippen molar-refractivity contribution in [3.05, 3.63) is 18.2 Å². The van der Waals surface area contributed by atoms with E-state index in [0.29, 0.717) is 19.0 Å². The molecule has 23 heavy (non-hydrogen) atoms. The summed E-state index contributed by atoms with van der Waals surface area (Å²) in [7, 11) is 0. The van der Waals surface area contributed by atoms with Crippen LogP contribution in [0.4, 0.5) is 5.69 Å². The molecule has 0 spiro atoms. The van der Waals surface area contributed by atoms with Crippen molar-refractivity contribution in [3.8, 4) is 11.5 Å². The number of hydrogen-bond acceptors (Lipinski definition) is 4. The molecule has 4 aliphatic rings. The summed E-state index contributed by atoms with van der Waals surface area (Å²) in [4.78, 5) is 15.2. The van der Waals surface area contributed by atoms with Gasteiger partial charge in [-0.25, -0.2) is 0 Å². The lowest BCUT2D eigenvalue weighted by atomic mass is 10.1. The molecule has 0 unspecified atom stereocenters. The van der Waals surface area contributed by atoms with Gasteiger partial charge in [0.1, 0.15) is 13.2 Å². The first kappa shape index (κ1) is 14.8. The van der Waals surface area contributed by atoms with Crippen LogP contribution in [0.5, 0.6) is 11.5 Å². The summed E-state index contributed by atoms with van der Waals surface area (Å²) in [5.41, 5.74) is 0.778. The zero-order valence-corrected chi connectivity index (χ0v) is 13.6. The summed E-state index contributed by atoms with van der Waals surface area (Å²) in [6.45, 7) is 9.77. The number of rotatable bonds is 3. The maximum atomic E-state index is 12.7. The van der Waals surface area contributed by atoms with E-state index in [4.69, 9.17) is 9.47 Å². The van der Waals surface area contributed by atoms with Crippen LogP contribution >= 0.6 is 0 Å². The van der Waals surface area contributed by atoms with Crippen LogP contribution in [0.3, 0.4) is 0 Å². The molecule has 3 saturated heterocycles. The van der Waals surface area contributed by atoms with Crippen LogP contribution in [-0.4, -0.2) is 73.8 Å². The molecule has 4 aliphatic heterocycles. The first-order chi connectivity index (χ1) is 11.2. The monoisotopic (exact) mass is 318 g/mol. The standard InChI is InChI=1S/C17H23N3O3/c1-13(20-7-4-19(5-8-20)6-9-20)17(21)18-14-2-3-15-16(12-14)23-11-10-22-15/h2-3,12-13H,4-11H2,1H3/p+1/t13-/m0/s1. The van der Waals surface area contributed by atoms with Gasteiger partial charge in [-0.2, -0.15) is 0 Å². The lowest BCUT2D eigenvalue weighted by Gasteiger charge is -2.52. The molecule has 2 bridgehead atoms. The first-order valence-corrected chi connectivity index (χ1v) is 8.45. The van der Waals surface area contributed by atoms with E-state index >= 15 is 0 Å². The smallest absolute Gasteiger partial charge is 0.282 e. The number of hydrogen-bond donors (Lipinski definition) is 1. The fourth-order valence-electron chi connectivity index (χ4n) is 3.89. The molecular formula is C17H24N3O3+. The Morgan fingerprint density at radius 1 is 1.13 bits per heavy atom. The van der Waals surface area contributed by atoms with Crippen molar-refractivity contribution in [2.45, 2.75) is 13.0 Å². The van der Waals surface area contributed by atoms with E-state index in [0.717, 1.165) is 55.2 Å². The van der Waals surface area contributed by atoms with Crippen LogP contribution in [0.1, 0.15) is 6.92 Å². The first-order valence-electron chi connectivity index (χ1n) is 8.45. The van der Waals surface area contributed by atoms with Gasteiger partial charge in [0.15, 0.2) is 17.5 Å². The number of amides is 1. The molecule has 0 aliphatic carbocycles. The highest BCUT2D eigenvalue weighted by Gasteiger charge is 2.45. The normalized spacial score (nSPS) is 29.9. The molecule has 1 aromatic rings. The summed E-state index contributed by atoms with van der Waals surface area (Å²) >= 11 is 0. The van der Waals surface area contributed by atoms with Crippen molar-refractivity contribution in [2.75, 3.05) is 57.8 Å². The average molecular weight is 318 g/mol. The van der Waals surface area contributed by atoms with Crippen LogP contribution in [0, 0.1) is 0 Å². The number of quaternary nitrogens is 1. The minimum absolute atomic E-state index is 0.0225. The van der Waals surface area contributed by atoms with Gasteiger partial charge in [0.05, 0.1) is 19.6 Å². The fourth-order valence-corrected chi connectivity index (χ4v) is 3.89. The molecule has 6 heteroatoms. The quantitative estimate of drug-likeness (QED) is 0.843. The molecule has 0 aromatic heterocycles. The largest absolute Gasteiger partial charge is 0.486 e. The van der Waals surface area contributed by atoms with Crippen LogP contribution in [0.25, 0.3) is 0 Å². The molecule has 1 aromatic carbocycles. The zero-order chi connectivity index (χ0) is 15.9. The molecule has 0 radical (unpaired) electrons. The molecule has 1 atom stereocenters. The summed E-state index contributed by atoms with van der Waals surface area (Å²) in [6, 6.07) is 5.58. The fraction of sp³-hybridized carbons (Fsp3) is 0.588. The Labute approximate surface area is 136 Å². The van der Waals surface area contributed by atoms with Gasteiger partial charge >= 0.3 is 0 Å². The molecule has 1 amide bonds. The predicted octanol–water partition coefficient (Wildman–Crippen LogP) is 0.931. The molecule has 0 saturated carbocycles. The Balaban J connectivity index is 1.47.